The monoisotopic (exact) mass is 279 g/mol. The molecule has 0 amide bonds. The summed E-state index contributed by atoms with van der Waals surface area (Å²) < 4.78 is 5.21. The fourth-order valence-electron chi connectivity index (χ4n) is 1.85. The van der Waals surface area contributed by atoms with E-state index in [-0.39, 0.29) is 6.04 Å². The molecule has 1 aromatic carbocycles. The maximum Gasteiger partial charge on any atom is 0.226 e. The van der Waals surface area contributed by atoms with Gasteiger partial charge in [-0.25, -0.2) is 0 Å². The summed E-state index contributed by atoms with van der Waals surface area (Å²) in [6, 6.07) is 7.90. The number of aryl methyl sites for hydroxylation is 1. The van der Waals surface area contributed by atoms with Crippen molar-refractivity contribution in [3.8, 4) is 0 Å². The van der Waals surface area contributed by atoms with Crippen LogP contribution < -0.4 is 5.73 Å². The Morgan fingerprint density at radius 3 is 2.89 bits per heavy atom. The van der Waals surface area contributed by atoms with E-state index in [1.165, 1.54) is 0 Å². The van der Waals surface area contributed by atoms with E-state index in [0.717, 1.165) is 29.8 Å². The van der Waals surface area contributed by atoms with Gasteiger partial charge in [0.2, 0.25) is 5.89 Å². The van der Waals surface area contributed by atoms with Crippen LogP contribution in [0.5, 0.6) is 0 Å². The smallest absolute Gasteiger partial charge is 0.226 e. The Bertz CT molecular complexity index is 525. The Hall–Kier alpha value is -1.39. The number of nitrogens with zero attached hydrogens (tertiary/aromatic N) is 2. The normalized spacial score (nSPS) is 12.6. The van der Waals surface area contributed by atoms with Gasteiger partial charge in [0.05, 0.1) is 0 Å². The van der Waals surface area contributed by atoms with Crippen molar-refractivity contribution < 1.29 is 4.52 Å². The summed E-state index contributed by atoms with van der Waals surface area (Å²) >= 11 is 6.10. The lowest BCUT2D eigenvalue weighted by Crippen LogP contribution is -2.14. The van der Waals surface area contributed by atoms with Gasteiger partial charge in [-0.3, -0.25) is 0 Å². The van der Waals surface area contributed by atoms with Crippen molar-refractivity contribution in [2.24, 2.45) is 5.73 Å². The summed E-state index contributed by atoms with van der Waals surface area (Å²) in [6.45, 7) is 2.00. The number of aromatic nitrogens is 2. The molecule has 0 spiro atoms. The van der Waals surface area contributed by atoms with E-state index < -0.39 is 0 Å². The Labute approximate surface area is 118 Å². The first-order valence-corrected chi connectivity index (χ1v) is 6.83. The Morgan fingerprint density at radius 1 is 1.37 bits per heavy atom. The molecule has 1 heterocycles. The SMILES string of the molecule is CC(N)CCCc1nc(Cc2ccccc2Cl)no1. The summed E-state index contributed by atoms with van der Waals surface area (Å²) in [5, 5.41) is 4.70. The lowest BCUT2D eigenvalue weighted by Gasteiger charge is -2.01. The van der Waals surface area contributed by atoms with Crippen LogP contribution in [0.1, 0.15) is 37.0 Å². The zero-order valence-corrected chi connectivity index (χ0v) is 11.7. The predicted octanol–water partition coefficient (Wildman–Crippen LogP) is 2.98. The first-order chi connectivity index (χ1) is 9.15. The number of hydrogen-bond donors (Lipinski definition) is 1. The fraction of sp³-hybridized carbons (Fsp3) is 0.429. The molecule has 0 saturated carbocycles. The van der Waals surface area contributed by atoms with Gasteiger partial charge >= 0.3 is 0 Å². The van der Waals surface area contributed by atoms with Crippen molar-refractivity contribution in [3.63, 3.8) is 0 Å². The minimum atomic E-state index is 0.213. The van der Waals surface area contributed by atoms with E-state index in [1.807, 2.05) is 31.2 Å². The van der Waals surface area contributed by atoms with E-state index in [9.17, 15) is 0 Å². The molecule has 2 rings (SSSR count). The third-order valence-electron chi connectivity index (χ3n) is 2.87. The molecule has 102 valence electrons. The molecule has 1 unspecified atom stereocenters. The zero-order chi connectivity index (χ0) is 13.7. The van der Waals surface area contributed by atoms with Crippen molar-refractivity contribution in [2.45, 2.75) is 38.6 Å². The van der Waals surface area contributed by atoms with E-state index in [2.05, 4.69) is 10.1 Å². The van der Waals surface area contributed by atoms with Crippen LogP contribution in [-0.4, -0.2) is 16.2 Å². The number of hydrogen-bond acceptors (Lipinski definition) is 4. The van der Waals surface area contributed by atoms with Crippen molar-refractivity contribution in [3.05, 3.63) is 46.6 Å². The molecular formula is C14H18ClN3O. The Balaban J connectivity index is 1.92. The van der Waals surface area contributed by atoms with Crippen LogP contribution >= 0.6 is 11.6 Å². The lowest BCUT2D eigenvalue weighted by molar-refractivity contribution is 0.368. The first kappa shape index (κ1) is 14.0. The quantitative estimate of drug-likeness (QED) is 0.883. The number of halogens is 1. The molecule has 0 aliphatic carbocycles. The molecule has 0 fully saturated rings. The fourth-order valence-corrected chi connectivity index (χ4v) is 2.05. The molecule has 0 bridgehead atoms. The van der Waals surface area contributed by atoms with E-state index >= 15 is 0 Å². The lowest BCUT2D eigenvalue weighted by atomic mass is 10.1. The van der Waals surface area contributed by atoms with Crippen LogP contribution in [0.3, 0.4) is 0 Å². The molecule has 0 aliphatic heterocycles. The van der Waals surface area contributed by atoms with Gasteiger partial charge in [-0.2, -0.15) is 4.98 Å². The Kier molecular flexibility index (Phi) is 4.93. The van der Waals surface area contributed by atoms with Gasteiger partial charge in [0, 0.05) is 23.9 Å². The Morgan fingerprint density at radius 2 is 2.16 bits per heavy atom. The minimum Gasteiger partial charge on any atom is -0.339 e. The molecule has 1 atom stereocenters. The van der Waals surface area contributed by atoms with Gasteiger partial charge < -0.3 is 10.3 Å². The second-order valence-electron chi connectivity index (χ2n) is 4.74. The molecule has 0 saturated heterocycles. The van der Waals surface area contributed by atoms with E-state index in [0.29, 0.717) is 18.1 Å². The van der Waals surface area contributed by atoms with Crippen molar-refractivity contribution >= 4 is 11.6 Å². The molecule has 2 N–H and O–H groups in total. The maximum absolute atomic E-state index is 6.10. The van der Waals surface area contributed by atoms with Crippen LogP contribution in [0.15, 0.2) is 28.8 Å². The van der Waals surface area contributed by atoms with Crippen molar-refractivity contribution in [2.75, 3.05) is 0 Å². The van der Waals surface area contributed by atoms with Crippen molar-refractivity contribution in [1.29, 1.82) is 0 Å². The van der Waals surface area contributed by atoms with Gasteiger partial charge in [-0.15, -0.1) is 0 Å². The number of rotatable bonds is 6. The van der Waals surface area contributed by atoms with Crippen LogP contribution in [0.2, 0.25) is 5.02 Å². The van der Waals surface area contributed by atoms with Gasteiger partial charge in [0.15, 0.2) is 5.82 Å². The van der Waals surface area contributed by atoms with Crippen molar-refractivity contribution in [1.82, 2.24) is 10.1 Å². The molecule has 0 radical (unpaired) electrons. The average molecular weight is 280 g/mol. The van der Waals surface area contributed by atoms with Gasteiger partial charge in [0.25, 0.3) is 0 Å². The van der Waals surface area contributed by atoms with E-state index in [4.69, 9.17) is 21.9 Å². The highest BCUT2D eigenvalue weighted by Crippen LogP contribution is 2.17. The largest absolute Gasteiger partial charge is 0.339 e. The van der Waals surface area contributed by atoms with Gasteiger partial charge in [0.1, 0.15) is 0 Å². The van der Waals surface area contributed by atoms with Crippen LogP contribution in [0.4, 0.5) is 0 Å². The average Bonchev–Trinajstić information content (AvgIpc) is 2.79. The standard InChI is InChI=1S/C14H18ClN3O/c1-10(16)5-4-8-14-17-13(18-19-14)9-11-6-2-3-7-12(11)15/h2-3,6-7,10H,4-5,8-9,16H2,1H3. The number of nitrogens with two attached hydrogens (primary N) is 1. The van der Waals surface area contributed by atoms with Crippen LogP contribution in [0.25, 0.3) is 0 Å². The second-order valence-corrected chi connectivity index (χ2v) is 5.15. The predicted molar refractivity (Wildman–Crippen MR) is 75.1 cm³/mol. The third kappa shape index (κ3) is 4.33. The highest BCUT2D eigenvalue weighted by atomic mass is 35.5. The maximum atomic E-state index is 6.10. The van der Waals surface area contributed by atoms with Crippen LogP contribution in [-0.2, 0) is 12.8 Å². The van der Waals surface area contributed by atoms with Gasteiger partial charge in [-0.05, 0) is 31.4 Å². The first-order valence-electron chi connectivity index (χ1n) is 6.45. The summed E-state index contributed by atoms with van der Waals surface area (Å²) in [6.07, 6.45) is 3.29. The highest BCUT2D eigenvalue weighted by molar-refractivity contribution is 6.31. The van der Waals surface area contributed by atoms with E-state index in [1.54, 1.807) is 0 Å². The third-order valence-corrected chi connectivity index (χ3v) is 3.24. The van der Waals surface area contributed by atoms with Crippen LogP contribution in [0, 0.1) is 0 Å². The summed E-state index contributed by atoms with van der Waals surface area (Å²) in [4.78, 5) is 4.37. The summed E-state index contributed by atoms with van der Waals surface area (Å²) in [5.74, 6) is 1.34. The molecular weight excluding hydrogens is 262 g/mol. The summed E-state index contributed by atoms with van der Waals surface area (Å²) in [5.41, 5.74) is 6.71. The minimum absolute atomic E-state index is 0.213. The molecule has 2 aromatic rings. The molecule has 1 aromatic heterocycles. The topological polar surface area (TPSA) is 64.9 Å². The molecule has 0 aliphatic rings. The highest BCUT2D eigenvalue weighted by Gasteiger charge is 2.09. The molecule has 5 heteroatoms. The molecule has 4 nitrogen and oxygen atoms in total. The molecule has 19 heavy (non-hydrogen) atoms. The zero-order valence-electron chi connectivity index (χ0n) is 11.0. The second kappa shape index (κ2) is 6.68. The van der Waals surface area contributed by atoms with Gasteiger partial charge in [-0.1, -0.05) is 35.0 Å². The summed E-state index contributed by atoms with van der Waals surface area (Å²) in [7, 11) is 0. The number of benzene rings is 1.